The lowest BCUT2D eigenvalue weighted by Crippen LogP contribution is -1.97. The summed E-state index contributed by atoms with van der Waals surface area (Å²) in [5.41, 5.74) is 2.92. The first-order valence-electron chi connectivity index (χ1n) is 6.02. The molecule has 0 spiro atoms. The van der Waals surface area contributed by atoms with Crippen molar-refractivity contribution in [3.63, 3.8) is 0 Å². The van der Waals surface area contributed by atoms with Crippen LogP contribution in [0.4, 0.5) is 0 Å². The Labute approximate surface area is 120 Å². The van der Waals surface area contributed by atoms with E-state index < -0.39 is 5.97 Å². The van der Waals surface area contributed by atoms with Crippen molar-refractivity contribution in [2.24, 2.45) is 7.05 Å². The van der Waals surface area contributed by atoms with Crippen molar-refractivity contribution in [2.45, 2.75) is 0 Å². The summed E-state index contributed by atoms with van der Waals surface area (Å²) in [5.74, 6) is -0.160. The van der Waals surface area contributed by atoms with Crippen LogP contribution in [-0.4, -0.2) is 20.6 Å². The highest BCUT2D eigenvalue weighted by atomic mass is 35.5. The van der Waals surface area contributed by atoms with Crippen molar-refractivity contribution in [3.8, 4) is 11.4 Å². The Morgan fingerprint density at radius 3 is 2.55 bits per heavy atom. The first-order valence-corrected chi connectivity index (χ1v) is 6.40. The van der Waals surface area contributed by atoms with Gasteiger partial charge in [0.05, 0.1) is 16.6 Å². The Kier molecular flexibility index (Phi) is 2.95. The molecule has 1 heterocycles. The Bertz CT molecular complexity index is 807. The van der Waals surface area contributed by atoms with E-state index in [1.807, 2.05) is 23.7 Å². The maximum Gasteiger partial charge on any atom is 0.335 e. The molecule has 0 saturated carbocycles. The minimum atomic E-state index is -0.937. The van der Waals surface area contributed by atoms with Crippen LogP contribution < -0.4 is 0 Å². The highest BCUT2D eigenvalue weighted by molar-refractivity contribution is 6.31. The van der Waals surface area contributed by atoms with E-state index in [9.17, 15) is 4.79 Å². The molecule has 0 amide bonds. The van der Waals surface area contributed by atoms with Crippen LogP contribution in [-0.2, 0) is 7.05 Å². The van der Waals surface area contributed by atoms with E-state index in [0.29, 0.717) is 5.02 Å². The van der Waals surface area contributed by atoms with E-state index in [2.05, 4.69) is 4.98 Å². The summed E-state index contributed by atoms with van der Waals surface area (Å²) in [4.78, 5) is 15.4. The number of halogens is 1. The number of imidazole rings is 1. The highest BCUT2D eigenvalue weighted by Crippen LogP contribution is 2.25. The summed E-state index contributed by atoms with van der Waals surface area (Å²) < 4.78 is 1.94. The third-order valence-electron chi connectivity index (χ3n) is 3.23. The van der Waals surface area contributed by atoms with E-state index >= 15 is 0 Å². The quantitative estimate of drug-likeness (QED) is 0.783. The molecular weight excluding hydrogens is 276 g/mol. The Hall–Kier alpha value is -2.33. The summed E-state index contributed by atoms with van der Waals surface area (Å²) in [7, 11) is 1.91. The molecule has 100 valence electrons. The first-order chi connectivity index (χ1) is 9.56. The van der Waals surface area contributed by atoms with Gasteiger partial charge in [-0.05, 0) is 30.3 Å². The van der Waals surface area contributed by atoms with Gasteiger partial charge in [-0.1, -0.05) is 23.7 Å². The van der Waals surface area contributed by atoms with E-state index in [4.69, 9.17) is 16.7 Å². The van der Waals surface area contributed by atoms with Crippen LogP contribution in [0.15, 0.2) is 42.5 Å². The van der Waals surface area contributed by atoms with Gasteiger partial charge in [-0.15, -0.1) is 0 Å². The number of aryl methyl sites for hydroxylation is 1. The topological polar surface area (TPSA) is 55.1 Å². The molecule has 0 aliphatic heterocycles. The van der Waals surface area contributed by atoms with E-state index in [1.54, 1.807) is 30.3 Å². The van der Waals surface area contributed by atoms with Crippen molar-refractivity contribution in [2.75, 3.05) is 0 Å². The van der Waals surface area contributed by atoms with E-state index in [0.717, 1.165) is 22.4 Å². The zero-order valence-corrected chi connectivity index (χ0v) is 11.4. The second kappa shape index (κ2) is 4.65. The fourth-order valence-electron chi connectivity index (χ4n) is 2.18. The molecule has 0 atom stereocenters. The van der Waals surface area contributed by atoms with Gasteiger partial charge in [0, 0.05) is 17.6 Å². The normalized spacial score (nSPS) is 10.9. The summed E-state index contributed by atoms with van der Waals surface area (Å²) in [6.45, 7) is 0. The van der Waals surface area contributed by atoms with Crippen molar-refractivity contribution in [1.82, 2.24) is 9.55 Å². The van der Waals surface area contributed by atoms with Crippen molar-refractivity contribution < 1.29 is 9.90 Å². The SMILES string of the molecule is Cn1c(-c2ccc(C(=O)O)cc2)nc2ccc(Cl)cc21. The molecule has 1 N–H and O–H groups in total. The second-order valence-corrected chi connectivity index (χ2v) is 4.95. The summed E-state index contributed by atoms with van der Waals surface area (Å²) in [5, 5.41) is 9.57. The third kappa shape index (κ3) is 2.04. The minimum absolute atomic E-state index is 0.260. The number of carbonyl (C=O) groups is 1. The fraction of sp³-hybridized carbons (Fsp3) is 0.0667. The lowest BCUT2D eigenvalue weighted by molar-refractivity contribution is 0.0697. The van der Waals surface area contributed by atoms with Crippen LogP contribution in [0.2, 0.25) is 5.02 Å². The van der Waals surface area contributed by atoms with Gasteiger partial charge in [-0.25, -0.2) is 9.78 Å². The number of benzene rings is 2. The van der Waals surface area contributed by atoms with Crippen molar-refractivity contribution in [3.05, 3.63) is 53.1 Å². The van der Waals surface area contributed by atoms with Gasteiger partial charge in [0.1, 0.15) is 5.82 Å². The number of fused-ring (bicyclic) bond motifs is 1. The molecular formula is C15H11ClN2O2. The number of carboxylic acids is 1. The summed E-state index contributed by atoms with van der Waals surface area (Å²) in [6.07, 6.45) is 0. The fourth-order valence-corrected chi connectivity index (χ4v) is 2.35. The molecule has 0 fully saturated rings. The molecule has 3 aromatic rings. The summed E-state index contributed by atoms with van der Waals surface area (Å²) in [6, 6.07) is 12.2. The van der Waals surface area contributed by atoms with Crippen LogP contribution >= 0.6 is 11.6 Å². The van der Waals surface area contributed by atoms with Crippen molar-refractivity contribution >= 4 is 28.6 Å². The van der Waals surface area contributed by atoms with Crippen molar-refractivity contribution in [1.29, 1.82) is 0 Å². The minimum Gasteiger partial charge on any atom is -0.478 e. The lowest BCUT2D eigenvalue weighted by atomic mass is 10.1. The monoisotopic (exact) mass is 286 g/mol. The Morgan fingerprint density at radius 1 is 1.20 bits per heavy atom. The predicted molar refractivity (Wildman–Crippen MR) is 78.1 cm³/mol. The molecule has 20 heavy (non-hydrogen) atoms. The number of nitrogens with zero attached hydrogens (tertiary/aromatic N) is 2. The van der Waals surface area contributed by atoms with Crippen LogP contribution in [0.25, 0.3) is 22.4 Å². The summed E-state index contributed by atoms with van der Waals surface area (Å²) >= 11 is 6.00. The molecule has 5 heteroatoms. The number of carboxylic acid groups (broad SMARTS) is 1. The van der Waals surface area contributed by atoms with Crippen LogP contribution in [0.1, 0.15) is 10.4 Å². The molecule has 4 nitrogen and oxygen atoms in total. The molecule has 0 radical (unpaired) electrons. The maximum absolute atomic E-state index is 10.9. The second-order valence-electron chi connectivity index (χ2n) is 4.51. The van der Waals surface area contributed by atoms with Gasteiger partial charge in [-0.3, -0.25) is 0 Å². The Morgan fingerprint density at radius 2 is 1.90 bits per heavy atom. The number of hydrogen-bond acceptors (Lipinski definition) is 2. The van der Waals surface area contributed by atoms with E-state index in [1.165, 1.54) is 0 Å². The molecule has 0 bridgehead atoms. The molecule has 0 saturated heterocycles. The number of hydrogen-bond donors (Lipinski definition) is 1. The molecule has 0 unspecified atom stereocenters. The van der Waals surface area contributed by atoms with Gasteiger partial charge >= 0.3 is 5.97 Å². The standard InChI is InChI=1S/C15H11ClN2O2/c1-18-13-8-11(16)6-7-12(13)17-14(18)9-2-4-10(5-3-9)15(19)20/h2-8H,1H3,(H,19,20). The average Bonchev–Trinajstić information content (AvgIpc) is 2.76. The maximum atomic E-state index is 10.9. The zero-order valence-electron chi connectivity index (χ0n) is 10.7. The Balaban J connectivity index is 2.14. The number of aromatic carboxylic acids is 1. The van der Waals surface area contributed by atoms with Crippen LogP contribution in [0, 0.1) is 0 Å². The van der Waals surface area contributed by atoms with Crippen LogP contribution in [0.3, 0.4) is 0 Å². The molecule has 1 aromatic heterocycles. The van der Waals surface area contributed by atoms with Gasteiger partial charge in [0.15, 0.2) is 0 Å². The third-order valence-corrected chi connectivity index (χ3v) is 3.47. The van der Waals surface area contributed by atoms with Gasteiger partial charge in [0.2, 0.25) is 0 Å². The number of aromatic nitrogens is 2. The highest BCUT2D eigenvalue weighted by Gasteiger charge is 2.11. The average molecular weight is 287 g/mol. The molecule has 3 rings (SSSR count). The molecule has 0 aliphatic rings. The lowest BCUT2D eigenvalue weighted by Gasteiger charge is -2.03. The molecule has 2 aromatic carbocycles. The van der Waals surface area contributed by atoms with Gasteiger partial charge < -0.3 is 9.67 Å². The van der Waals surface area contributed by atoms with Gasteiger partial charge in [-0.2, -0.15) is 0 Å². The zero-order chi connectivity index (χ0) is 14.3. The molecule has 0 aliphatic carbocycles. The number of rotatable bonds is 2. The first kappa shape index (κ1) is 12.7. The largest absolute Gasteiger partial charge is 0.478 e. The predicted octanol–water partition coefficient (Wildman–Crippen LogP) is 3.59. The van der Waals surface area contributed by atoms with E-state index in [-0.39, 0.29) is 5.56 Å². The smallest absolute Gasteiger partial charge is 0.335 e. The van der Waals surface area contributed by atoms with Gasteiger partial charge in [0.25, 0.3) is 0 Å². The van der Waals surface area contributed by atoms with Crippen LogP contribution in [0.5, 0.6) is 0 Å².